The normalized spacial score (nSPS) is 17.2. The van der Waals surface area contributed by atoms with E-state index in [1.165, 1.54) is 24.4 Å². The molecule has 1 N–H and O–H groups in total. The summed E-state index contributed by atoms with van der Waals surface area (Å²) >= 11 is 0. The van der Waals surface area contributed by atoms with Gasteiger partial charge in [0.25, 0.3) is 0 Å². The second-order valence-corrected chi connectivity index (χ2v) is 4.73. The molecule has 1 aliphatic rings. The molecule has 0 radical (unpaired) electrons. The lowest BCUT2D eigenvalue weighted by Gasteiger charge is -2.22. The number of hydrogen-bond donors (Lipinski definition) is 1. The predicted molar refractivity (Wildman–Crippen MR) is 71.3 cm³/mol. The Morgan fingerprint density at radius 2 is 2.29 bits per heavy atom. The SMILES string of the molecule is C=CCCc1cn(CC)c(C2CCNCC2)n1. The number of aryl methyl sites for hydroxylation is 2. The largest absolute Gasteiger partial charge is 0.335 e. The highest BCUT2D eigenvalue weighted by Gasteiger charge is 2.20. The highest BCUT2D eigenvalue weighted by molar-refractivity contribution is 5.10. The van der Waals surface area contributed by atoms with Crippen molar-refractivity contribution in [3.63, 3.8) is 0 Å². The molecule has 3 heteroatoms. The highest BCUT2D eigenvalue weighted by atomic mass is 15.1. The van der Waals surface area contributed by atoms with Gasteiger partial charge in [0.15, 0.2) is 0 Å². The highest BCUT2D eigenvalue weighted by Crippen LogP contribution is 2.25. The summed E-state index contributed by atoms with van der Waals surface area (Å²) in [7, 11) is 0. The summed E-state index contributed by atoms with van der Waals surface area (Å²) in [6, 6.07) is 0. The van der Waals surface area contributed by atoms with Crippen LogP contribution < -0.4 is 5.32 Å². The van der Waals surface area contributed by atoms with Crippen LogP contribution in [0.4, 0.5) is 0 Å². The van der Waals surface area contributed by atoms with Gasteiger partial charge in [-0.05, 0) is 45.7 Å². The van der Waals surface area contributed by atoms with E-state index in [2.05, 4.69) is 29.6 Å². The van der Waals surface area contributed by atoms with Gasteiger partial charge in [-0.2, -0.15) is 0 Å². The van der Waals surface area contributed by atoms with Crippen molar-refractivity contribution in [2.75, 3.05) is 13.1 Å². The molecule has 1 fully saturated rings. The van der Waals surface area contributed by atoms with E-state index in [4.69, 9.17) is 4.98 Å². The molecule has 2 rings (SSSR count). The Bertz CT molecular complexity index is 362. The average molecular weight is 233 g/mol. The van der Waals surface area contributed by atoms with E-state index in [0.29, 0.717) is 5.92 Å². The molecule has 2 heterocycles. The molecule has 0 aliphatic carbocycles. The van der Waals surface area contributed by atoms with Gasteiger partial charge in [-0.25, -0.2) is 4.98 Å². The Hall–Kier alpha value is -1.09. The summed E-state index contributed by atoms with van der Waals surface area (Å²) in [4.78, 5) is 4.83. The molecular formula is C14H23N3. The first-order valence-corrected chi connectivity index (χ1v) is 6.72. The number of nitrogens with one attached hydrogen (secondary N) is 1. The molecule has 17 heavy (non-hydrogen) atoms. The number of imidazole rings is 1. The molecule has 1 aromatic rings. The van der Waals surface area contributed by atoms with Gasteiger partial charge >= 0.3 is 0 Å². The number of allylic oxidation sites excluding steroid dienone is 1. The van der Waals surface area contributed by atoms with Crippen molar-refractivity contribution in [1.29, 1.82) is 0 Å². The van der Waals surface area contributed by atoms with Gasteiger partial charge in [0.1, 0.15) is 5.82 Å². The van der Waals surface area contributed by atoms with Crippen LogP contribution in [0, 0.1) is 0 Å². The van der Waals surface area contributed by atoms with Crippen molar-refractivity contribution in [3.05, 3.63) is 30.4 Å². The van der Waals surface area contributed by atoms with Crippen molar-refractivity contribution in [2.45, 2.75) is 45.1 Å². The maximum absolute atomic E-state index is 4.83. The lowest BCUT2D eigenvalue weighted by molar-refractivity contribution is 0.432. The molecular weight excluding hydrogens is 210 g/mol. The molecule has 0 aromatic carbocycles. The number of rotatable bonds is 5. The van der Waals surface area contributed by atoms with E-state index in [-0.39, 0.29) is 0 Å². The number of piperidine rings is 1. The fourth-order valence-corrected chi connectivity index (χ4v) is 2.52. The van der Waals surface area contributed by atoms with Crippen LogP contribution in [0.1, 0.15) is 43.6 Å². The van der Waals surface area contributed by atoms with E-state index in [9.17, 15) is 0 Å². The molecule has 0 saturated carbocycles. The van der Waals surface area contributed by atoms with E-state index in [0.717, 1.165) is 32.5 Å². The van der Waals surface area contributed by atoms with Gasteiger partial charge in [0, 0.05) is 18.7 Å². The first-order valence-electron chi connectivity index (χ1n) is 6.72. The summed E-state index contributed by atoms with van der Waals surface area (Å²) in [6.45, 7) is 9.25. The lowest BCUT2D eigenvalue weighted by atomic mass is 9.97. The van der Waals surface area contributed by atoms with Gasteiger partial charge in [-0.15, -0.1) is 6.58 Å². The van der Waals surface area contributed by atoms with Crippen molar-refractivity contribution in [1.82, 2.24) is 14.9 Å². The second kappa shape index (κ2) is 6.01. The fraction of sp³-hybridized carbons (Fsp3) is 0.643. The van der Waals surface area contributed by atoms with Gasteiger partial charge in [0.2, 0.25) is 0 Å². The summed E-state index contributed by atoms with van der Waals surface area (Å²) in [5.41, 5.74) is 1.22. The number of nitrogens with zero attached hydrogens (tertiary/aromatic N) is 2. The quantitative estimate of drug-likeness (QED) is 0.792. The summed E-state index contributed by atoms with van der Waals surface area (Å²) in [5.74, 6) is 1.95. The Kier molecular flexibility index (Phi) is 4.37. The van der Waals surface area contributed by atoms with Crippen molar-refractivity contribution >= 4 is 0 Å². The van der Waals surface area contributed by atoms with Crippen molar-refractivity contribution in [3.8, 4) is 0 Å². The lowest BCUT2D eigenvalue weighted by Crippen LogP contribution is -2.28. The van der Waals surface area contributed by atoms with Crippen LogP contribution in [0.25, 0.3) is 0 Å². The number of aromatic nitrogens is 2. The molecule has 0 amide bonds. The van der Waals surface area contributed by atoms with Crippen molar-refractivity contribution < 1.29 is 0 Å². The zero-order valence-electron chi connectivity index (χ0n) is 10.8. The average Bonchev–Trinajstić information content (AvgIpc) is 2.80. The van der Waals surface area contributed by atoms with Crippen LogP contribution in [-0.2, 0) is 13.0 Å². The Morgan fingerprint density at radius 3 is 2.94 bits per heavy atom. The Labute approximate surface area is 104 Å². The zero-order chi connectivity index (χ0) is 12.1. The third kappa shape index (κ3) is 2.97. The molecule has 0 spiro atoms. The van der Waals surface area contributed by atoms with Gasteiger partial charge < -0.3 is 9.88 Å². The standard InChI is InChI=1S/C14H23N3/c1-3-5-6-13-11-17(4-2)14(16-13)12-7-9-15-10-8-12/h3,11-12,15H,1,4-10H2,2H3. The summed E-state index contributed by atoms with van der Waals surface area (Å²) < 4.78 is 2.33. The van der Waals surface area contributed by atoms with Crippen LogP contribution in [-0.4, -0.2) is 22.6 Å². The van der Waals surface area contributed by atoms with Gasteiger partial charge in [-0.3, -0.25) is 0 Å². The molecule has 3 nitrogen and oxygen atoms in total. The first-order chi connectivity index (χ1) is 8.35. The zero-order valence-corrected chi connectivity index (χ0v) is 10.8. The molecule has 0 bridgehead atoms. The Morgan fingerprint density at radius 1 is 1.53 bits per heavy atom. The van der Waals surface area contributed by atoms with E-state index in [1.807, 2.05) is 6.08 Å². The van der Waals surface area contributed by atoms with Crippen LogP contribution in [0.5, 0.6) is 0 Å². The van der Waals surface area contributed by atoms with E-state index in [1.54, 1.807) is 0 Å². The molecule has 1 saturated heterocycles. The predicted octanol–water partition coefficient (Wildman–Crippen LogP) is 2.49. The maximum Gasteiger partial charge on any atom is 0.112 e. The minimum atomic E-state index is 0.647. The summed E-state index contributed by atoms with van der Waals surface area (Å²) in [5, 5.41) is 3.41. The monoisotopic (exact) mass is 233 g/mol. The van der Waals surface area contributed by atoms with E-state index < -0.39 is 0 Å². The molecule has 94 valence electrons. The fourth-order valence-electron chi connectivity index (χ4n) is 2.52. The maximum atomic E-state index is 4.83. The Balaban J connectivity index is 2.13. The smallest absolute Gasteiger partial charge is 0.112 e. The molecule has 0 unspecified atom stereocenters. The van der Waals surface area contributed by atoms with Crippen molar-refractivity contribution in [2.24, 2.45) is 0 Å². The number of hydrogen-bond acceptors (Lipinski definition) is 2. The van der Waals surface area contributed by atoms with Crippen LogP contribution in [0.2, 0.25) is 0 Å². The molecule has 1 aliphatic heterocycles. The minimum absolute atomic E-state index is 0.647. The van der Waals surface area contributed by atoms with Crippen LogP contribution in [0.15, 0.2) is 18.9 Å². The topological polar surface area (TPSA) is 29.9 Å². The van der Waals surface area contributed by atoms with Crippen LogP contribution >= 0.6 is 0 Å². The molecule has 1 aromatic heterocycles. The van der Waals surface area contributed by atoms with Gasteiger partial charge in [0.05, 0.1) is 5.69 Å². The van der Waals surface area contributed by atoms with Gasteiger partial charge in [-0.1, -0.05) is 6.08 Å². The summed E-state index contributed by atoms with van der Waals surface area (Å²) in [6.07, 6.45) is 8.67. The molecule has 0 atom stereocenters. The third-order valence-corrected chi connectivity index (χ3v) is 3.51. The minimum Gasteiger partial charge on any atom is -0.335 e. The first kappa shape index (κ1) is 12.4. The van der Waals surface area contributed by atoms with Crippen LogP contribution in [0.3, 0.4) is 0 Å². The van der Waals surface area contributed by atoms with E-state index >= 15 is 0 Å². The third-order valence-electron chi connectivity index (χ3n) is 3.51. The second-order valence-electron chi connectivity index (χ2n) is 4.73.